The fourth-order valence-electron chi connectivity index (χ4n) is 1.17. The van der Waals surface area contributed by atoms with Crippen LogP contribution in [0.3, 0.4) is 0 Å². The van der Waals surface area contributed by atoms with Crippen molar-refractivity contribution in [3.05, 3.63) is 0 Å². The first-order valence-electron chi connectivity index (χ1n) is 3.98. The van der Waals surface area contributed by atoms with Crippen LogP contribution >= 0.6 is 0 Å². The van der Waals surface area contributed by atoms with Crippen LogP contribution in [0.4, 0.5) is 4.79 Å². The van der Waals surface area contributed by atoms with E-state index in [2.05, 4.69) is 10.1 Å². The molecule has 1 N–H and O–H groups in total. The van der Waals surface area contributed by atoms with E-state index in [0.29, 0.717) is 6.61 Å². The highest BCUT2D eigenvalue weighted by Gasteiger charge is 2.44. The van der Waals surface area contributed by atoms with Gasteiger partial charge in [-0.3, -0.25) is 0 Å². The van der Waals surface area contributed by atoms with Gasteiger partial charge >= 0.3 is 12.1 Å². The van der Waals surface area contributed by atoms with Gasteiger partial charge in [0.2, 0.25) is 0 Å². The van der Waals surface area contributed by atoms with Crippen molar-refractivity contribution in [3.63, 3.8) is 0 Å². The van der Waals surface area contributed by atoms with Gasteiger partial charge in [0, 0.05) is 5.41 Å². The number of esters is 1. The second-order valence-corrected chi connectivity index (χ2v) is 3.67. The summed E-state index contributed by atoms with van der Waals surface area (Å²) in [7, 11) is 1.25. The van der Waals surface area contributed by atoms with Crippen molar-refractivity contribution in [3.8, 4) is 0 Å². The predicted octanol–water partition coefficient (Wildman–Crippen LogP) is 0.294. The largest absolute Gasteiger partial charge is 0.463 e. The lowest BCUT2D eigenvalue weighted by atomic mass is 9.88. The van der Waals surface area contributed by atoms with Crippen molar-refractivity contribution in [2.24, 2.45) is 5.41 Å². The lowest BCUT2D eigenvalue weighted by Crippen LogP contribution is -2.46. The zero-order valence-electron chi connectivity index (χ0n) is 7.92. The van der Waals surface area contributed by atoms with Gasteiger partial charge < -0.3 is 14.8 Å². The molecular weight excluding hydrogens is 174 g/mol. The molecular formula is C8H13NO4. The van der Waals surface area contributed by atoms with Crippen LogP contribution in [-0.4, -0.2) is 31.8 Å². The van der Waals surface area contributed by atoms with Crippen molar-refractivity contribution in [1.82, 2.24) is 5.32 Å². The number of carbonyl (C=O) groups excluding carboxylic acids is 2. The lowest BCUT2D eigenvalue weighted by molar-refractivity contribution is -0.139. The van der Waals surface area contributed by atoms with E-state index in [0.717, 1.165) is 0 Å². The van der Waals surface area contributed by atoms with Crippen molar-refractivity contribution < 1.29 is 19.1 Å². The highest BCUT2D eigenvalue weighted by molar-refractivity contribution is 5.83. The molecule has 0 saturated carbocycles. The van der Waals surface area contributed by atoms with Crippen LogP contribution in [0.25, 0.3) is 0 Å². The standard InChI is InChI=1S/C8H13NO4/c1-8(2)4-13-6(10)5(8)9-7(11)12-3/h5H,4H2,1-3H3,(H,9,11). The Hall–Kier alpha value is -1.26. The van der Waals surface area contributed by atoms with Gasteiger partial charge in [-0.1, -0.05) is 13.8 Å². The average Bonchev–Trinajstić information content (AvgIpc) is 2.31. The van der Waals surface area contributed by atoms with Gasteiger partial charge in [-0.05, 0) is 0 Å². The molecule has 0 aromatic heterocycles. The Morgan fingerprint density at radius 1 is 1.69 bits per heavy atom. The van der Waals surface area contributed by atoms with E-state index in [-0.39, 0.29) is 5.41 Å². The number of amides is 1. The van der Waals surface area contributed by atoms with Gasteiger partial charge in [0.25, 0.3) is 0 Å². The molecule has 1 amide bonds. The van der Waals surface area contributed by atoms with Crippen molar-refractivity contribution in [2.45, 2.75) is 19.9 Å². The van der Waals surface area contributed by atoms with Crippen LogP contribution in [0.15, 0.2) is 0 Å². The minimum Gasteiger partial charge on any atom is -0.463 e. The first kappa shape index (κ1) is 9.83. The van der Waals surface area contributed by atoms with Crippen molar-refractivity contribution >= 4 is 12.1 Å². The Morgan fingerprint density at radius 2 is 2.31 bits per heavy atom. The summed E-state index contributed by atoms with van der Waals surface area (Å²) in [6.45, 7) is 4.01. The average molecular weight is 187 g/mol. The topological polar surface area (TPSA) is 64.6 Å². The fourth-order valence-corrected chi connectivity index (χ4v) is 1.17. The van der Waals surface area contributed by atoms with E-state index in [1.807, 2.05) is 13.8 Å². The number of alkyl carbamates (subject to hydrolysis) is 1. The Labute approximate surface area is 76.4 Å². The molecule has 0 aromatic carbocycles. The third kappa shape index (κ3) is 1.91. The van der Waals surface area contributed by atoms with Gasteiger partial charge in [0.1, 0.15) is 6.04 Å². The fraction of sp³-hybridized carbons (Fsp3) is 0.750. The van der Waals surface area contributed by atoms with Crippen LogP contribution in [-0.2, 0) is 14.3 Å². The minimum atomic E-state index is -0.614. The van der Waals surface area contributed by atoms with Gasteiger partial charge in [-0.2, -0.15) is 0 Å². The first-order chi connectivity index (χ1) is 5.97. The van der Waals surface area contributed by atoms with E-state index in [4.69, 9.17) is 4.74 Å². The third-order valence-corrected chi connectivity index (χ3v) is 2.05. The predicted molar refractivity (Wildman–Crippen MR) is 44.1 cm³/mol. The molecule has 1 rings (SSSR count). The van der Waals surface area contributed by atoms with E-state index in [1.54, 1.807) is 0 Å². The molecule has 0 radical (unpaired) electrons. The smallest absolute Gasteiger partial charge is 0.407 e. The summed E-state index contributed by atoms with van der Waals surface area (Å²) in [4.78, 5) is 22.0. The summed E-state index contributed by atoms with van der Waals surface area (Å²) < 4.78 is 9.21. The summed E-state index contributed by atoms with van der Waals surface area (Å²) in [5.74, 6) is -0.407. The molecule has 0 spiro atoms. The second kappa shape index (κ2) is 3.24. The SMILES string of the molecule is COC(=O)NC1C(=O)OCC1(C)C. The molecule has 5 heteroatoms. The number of carbonyl (C=O) groups is 2. The van der Waals surface area contributed by atoms with Crippen molar-refractivity contribution in [1.29, 1.82) is 0 Å². The quantitative estimate of drug-likeness (QED) is 0.599. The highest BCUT2D eigenvalue weighted by Crippen LogP contribution is 2.28. The minimum absolute atomic E-state index is 0.320. The maximum atomic E-state index is 11.1. The molecule has 1 unspecified atom stereocenters. The van der Waals surface area contributed by atoms with Gasteiger partial charge in [-0.25, -0.2) is 9.59 Å². The number of methoxy groups -OCH3 is 1. The van der Waals surface area contributed by atoms with Crippen molar-refractivity contribution in [2.75, 3.05) is 13.7 Å². The Balaban J connectivity index is 2.66. The zero-order chi connectivity index (χ0) is 10.1. The third-order valence-electron chi connectivity index (χ3n) is 2.05. The van der Waals surface area contributed by atoms with Crippen LogP contribution in [0.1, 0.15) is 13.8 Å². The molecule has 0 aliphatic carbocycles. The number of hydrogen-bond acceptors (Lipinski definition) is 4. The molecule has 1 fully saturated rings. The van der Waals surface area contributed by atoms with Crippen LogP contribution in [0.2, 0.25) is 0 Å². The number of ether oxygens (including phenoxy) is 2. The van der Waals surface area contributed by atoms with E-state index in [9.17, 15) is 9.59 Å². The maximum Gasteiger partial charge on any atom is 0.407 e. The van der Waals surface area contributed by atoms with E-state index in [1.165, 1.54) is 7.11 Å². The molecule has 1 aliphatic heterocycles. The van der Waals surface area contributed by atoms with Gasteiger partial charge in [0.15, 0.2) is 0 Å². The maximum absolute atomic E-state index is 11.1. The lowest BCUT2D eigenvalue weighted by Gasteiger charge is -2.21. The summed E-state index contributed by atoms with van der Waals surface area (Å²) in [6.07, 6.45) is -0.614. The molecule has 1 aliphatic rings. The Morgan fingerprint density at radius 3 is 2.69 bits per heavy atom. The molecule has 1 atom stereocenters. The number of hydrogen-bond donors (Lipinski definition) is 1. The monoisotopic (exact) mass is 187 g/mol. The molecule has 5 nitrogen and oxygen atoms in total. The molecule has 1 saturated heterocycles. The van der Waals surface area contributed by atoms with E-state index < -0.39 is 18.1 Å². The summed E-state index contributed by atoms with van der Waals surface area (Å²) in [5.41, 5.74) is -0.370. The molecule has 13 heavy (non-hydrogen) atoms. The highest BCUT2D eigenvalue weighted by atomic mass is 16.6. The second-order valence-electron chi connectivity index (χ2n) is 3.67. The molecule has 1 heterocycles. The number of cyclic esters (lactones) is 1. The van der Waals surface area contributed by atoms with Gasteiger partial charge in [0.05, 0.1) is 13.7 Å². The molecule has 0 aromatic rings. The molecule has 0 bridgehead atoms. The normalized spacial score (nSPS) is 25.2. The number of rotatable bonds is 1. The number of nitrogens with one attached hydrogen (secondary N) is 1. The zero-order valence-corrected chi connectivity index (χ0v) is 7.92. The van der Waals surface area contributed by atoms with Crippen LogP contribution in [0.5, 0.6) is 0 Å². The first-order valence-corrected chi connectivity index (χ1v) is 3.98. The Kier molecular flexibility index (Phi) is 2.45. The molecule has 74 valence electrons. The Bertz CT molecular complexity index is 236. The van der Waals surface area contributed by atoms with E-state index >= 15 is 0 Å². The van der Waals surface area contributed by atoms with Crippen LogP contribution < -0.4 is 5.32 Å². The summed E-state index contributed by atoms with van der Waals surface area (Å²) in [6, 6.07) is -0.611. The summed E-state index contributed by atoms with van der Waals surface area (Å²) >= 11 is 0. The van der Waals surface area contributed by atoms with Crippen LogP contribution in [0, 0.1) is 5.41 Å². The van der Waals surface area contributed by atoms with Gasteiger partial charge in [-0.15, -0.1) is 0 Å². The summed E-state index contributed by atoms with van der Waals surface area (Å²) in [5, 5.41) is 2.43.